The van der Waals surface area contributed by atoms with E-state index >= 15 is 0 Å². The minimum Gasteiger partial charge on any atom is -0.292 e. The number of nitrogens with one attached hydrogen (secondary N) is 2. The number of pyridine rings is 1. The summed E-state index contributed by atoms with van der Waals surface area (Å²) in [6.07, 6.45) is 1.52. The highest BCUT2D eigenvalue weighted by atomic mass is 35.5. The van der Waals surface area contributed by atoms with Crippen LogP contribution in [0.5, 0.6) is 0 Å². The van der Waals surface area contributed by atoms with Crippen molar-refractivity contribution in [3.63, 3.8) is 0 Å². The van der Waals surface area contributed by atoms with Crippen molar-refractivity contribution >= 4 is 29.3 Å². The monoisotopic (exact) mass is 327 g/mol. The molecule has 0 spiro atoms. The molecule has 3 rings (SSSR count). The molecule has 0 saturated carbocycles. The van der Waals surface area contributed by atoms with E-state index in [1.807, 2.05) is 37.4 Å². The summed E-state index contributed by atoms with van der Waals surface area (Å²) < 4.78 is 1.71. The molecule has 0 atom stereocenters. The van der Waals surface area contributed by atoms with Crippen molar-refractivity contribution in [3.05, 3.63) is 59.8 Å². The van der Waals surface area contributed by atoms with Gasteiger partial charge in [0.1, 0.15) is 5.82 Å². The lowest BCUT2D eigenvalue weighted by molar-refractivity contribution is 0.262. The Labute approximate surface area is 138 Å². The Balaban J connectivity index is 1.72. The molecular weight excluding hydrogens is 314 g/mol. The Morgan fingerprint density at radius 3 is 2.57 bits per heavy atom. The molecule has 0 saturated heterocycles. The van der Waals surface area contributed by atoms with Crippen LogP contribution in [0.3, 0.4) is 0 Å². The predicted octanol–water partition coefficient (Wildman–Crippen LogP) is 3.78. The van der Waals surface area contributed by atoms with Gasteiger partial charge in [0, 0.05) is 24.3 Å². The van der Waals surface area contributed by atoms with Gasteiger partial charge in [0.25, 0.3) is 0 Å². The van der Waals surface area contributed by atoms with E-state index in [2.05, 4.69) is 20.7 Å². The van der Waals surface area contributed by atoms with Crippen molar-refractivity contribution < 1.29 is 4.79 Å². The maximum atomic E-state index is 12.0. The van der Waals surface area contributed by atoms with Crippen LogP contribution in [0.2, 0.25) is 5.02 Å². The second kappa shape index (κ2) is 6.50. The van der Waals surface area contributed by atoms with E-state index < -0.39 is 6.03 Å². The van der Waals surface area contributed by atoms with Crippen molar-refractivity contribution in [2.75, 3.05) is 10.6 Å². The maximum Gasteiger partial charge on any atom is 0.326 e. The maximum absolute atomic E-state index is 12.0. The van der Waals surface area contributed by atoms with Gasteiger partial charge in [-0.15, -0.1) is 0 Å². The molecule has 2 aromatic heterocycles. The molecule has 1 aromatic carbocycles. The number of hydrogen-bond donors (Lipinski definition) is 2. The highest BCUT2D eigenvalue weighted by molar-refractivity contribution is 6.30. The van der Waals surface area contributed by atoms with Crippen LogP contribution in [0, 0.1) is 0 Å². The summed E-state index contributed by atoms with van der Waals surface area (Å²) in [6, 6.07) is 14.4. The van der Waals surface area contributed by atoms with Crippen molar-refractivity contribution in [2.24, 2.45) is 7.05 Å². The fourth-order valence-electron chi connectivity index (χ4n) is 2.14. The Morgan fingerprint density at radius 2 is 1.83 bits per heavy atom. The summed E-state index contributed by atoms with van der Waals surface area (Å²) in [5, 5.41) is 10.1. The van der Waals surface area contributed by atoms with Crippen molar-refractivity contribution in [1.82, 2.24) is 14.8 Å². The summed E-state index contributed by atoms with van der Waals surface area (Å²) in [5.74, 6) is 0.820. The number of amides is 2. The van der Waals surface area contributed by atoms with Gasteiger partial charge in [-0.2, -0.15) is 5.10 Å². The van der Waals surface area contributed by atoms with Crippen LogP contribution in [0.25, 0.3) is 11.3 Å². The third-order valence-corrected chi connectivity index (χ3v) is 3.39. The molecule has 0 radical (unpaired) electrons. The molecule has 0 unspecified atom stereocenters. The van der Waals surface area contributed by atoms with Gasteiger partial charge in [-0.25, -0.2) is 9.78 Å². The normalized spacial score (nSPS) is 10.3. The van der Waals surface area contributed by atoms with Gasteiger partial charge in [-0.05, 0) is 17.7 Å². The van der Waals surface area contributed by atoms with Crippen molar-refractivity contribution in [1.29, 1.82) is 0 Å². The molecule has 3 aromatic rings. The molecule has 7 heteroatoms. The predicted molar refractivity (Wildman–Crippen MR) is 90.5 cm³/mol. The zero-order valence-electron chi connectivity index (χ0n) is 12.3. The summed E-state index contributed by atoms with van der Waals surface area (Å²) in [7, 11) is 1.82. The first-order valence-corrected chi connectivity index (χ1v) is 7.28. The molecule has 2 N–H and O–H groups in total. The lowest BCUT2D eigenvalue weighted by Crippen LogP contribution is -2.20. The molecular formula is C16H14ClN5O. The Kier molecular flexibility index (Phi) is 4.25. The Hall–Kier alpha value is -2.86. The minimum atomic E-state index is -0.433. The highest BCUT2D eigenvalue weighted by Gasteiger charge is 2.10. The fraction of sp³-hybridized carbons (Fsp3) is 0.0625. The number of carbonyl (C=O) groups is 1. The van der Waals surface area contributed by atoms with Gasteiger partial charge in [0.05, 0.1) is 5.69 Å². The first-order chi connectivity index (χ1) is 11.1. The highest BCUT2D eigenvalue weighted by Crippen LogP contribution is 2.21. The molecule has 0 aliphatic carbocycles. The van der Waals surface area contributed by atoms with E-state index in [1.54, 1.807) is 22.9 Å². The first-order valence-electron chi connectivity index (χ1n) is 6.91. The number of urea groups is 1. The first kappa shape index (κ1) is 15.1. The summed E-state index contributed by atoms with van der Waals surface area (Å²) in [6.45, 7) is 0. The van der Waals surface area contributed by atoms with Crippen molar-refractivity contribution in [2.45, 2.75) is 0 Å². The number of aryl methyl sites for hydroxylation is 1. The summed E-state index contributed by atoms with van der Waals surface area (Å²) in [4.78, 5) is 16.0. The topological polar surface area (TPSA) is 71.8 Å². The number of aromatic nitrogens is 3. The zero-order chi connectivity index (χ0) is 16.2. The van der Waals surface area contributed by atoms with Gasteiger partial charge in [0.2, 0.25) is 0 Å². The van der Waals surface area contributed by atoms with Gasteiger partial charge >= 0.3 is 6.03 Å². The van der Waals surface area contributed by atoms with Gasteiger partial charge in [-0.1, -0.05) is 41.9 Å². The molecule has 23 heavy (non-hydrogen) atoms. The lowest BCUT2D eigenvalue weighted by atomic mass is 10.1. The third-order valence-electron chi connectivity index (χ3n) is 3.15. The smallest absolute Gasteiger partial charge is 0.292 e. The van der Waals surface area contributed by atoms with E-state index in [-0.39, 0.29) is 0 Å². The van der Waals surface area contributed by atoms with Crippen LogP contribution in [-0.4, -0.2) is 20.8 Å². The average Bonchev–Trinajstić information content (AvgIpc) is 2.88. The fourth-order valence-corrected chi connectivity index (χ4v) is 2.30. The van der Waals surface area contributed by atoms with Crippen LogP contribution in [0.1, 0.15) is 0 Å². The van der Waals surface area contributed by atoms with Crippen LogP contribution >= 0.6 is 11.6 Å². The van der Waals surface area contributed by atoms with Gasteiger partial charge in [0.15, 0.2) is 5.82 Å². The Morgan fingerprint density at radius 1 is 1.09 bits per heavy atom. The minimum absolute atomic E-state index is 0.370. The second-order valence-corrected chi connectivity index (χ2v) is 5.28. The van der Waals surface area contributed by atoms with Crippen LogP contribution in [0.4, 0.5) is 16.4 Å². The number of halogens is 1. The van der Waals surface area contributed by atoms with E-state index in [0.29, 0.717) is 16.7 Å². The number of anilines is 2. The molecule has 0 bridgehead atoms. The third kappa shape index (κ3) is 3.67. The van der Waals surface area contributed by atoms with E-state index in [9.17, 15) is 4.79 Å². The number of nitrogens with zero attached hydrogens (tertiary/aromatic N) is 3. The molecule has 0 aliphatic rings. The van der Waals surface area contributed by atoms with Crippen LogP contribution < -0.4 is 10.6 Å². The quantitative estimate of drug-likeness (QED) is 0.769. The van der Waals surface area contributed by atoms with Crippen LogP contribution in [0.15, 0.2) is 54.7 Å². The van der Waals surface area contributed by atoms with Crippen LogP contribution in [-0.2, 0) is 7.05 Å². The Bertz CT molecular complexity index is 831. The molecule has 2 heterocycles. The van der Waals surface area contributed by atoms with E-state index in [1.165, 1.54) is 6.20 Å². The SMILES string of the molecule is Cn1nc(NC(=O)Nc2cc(Cl)ccn2)cc1-c1ccccc1. The molecule has 6 nitrogen and oxygen atoms in total. The largest absolute Gasteiger partial charge is 0.326 e. The number of carbonyl (C=O) groups excluding carboxylic acids is 1. The average molecular weight is 328 g/mol. The second-order valence-electron chi connectivity index (χ2n) is 4.84. The number of benzene rings is 1. The van der Waals surface area contributed by atoms with Gasteiger partial charge in [-0.3, -0.25) is 15.3 Å². The molecule has 116 valence electrons. The number of hydrogen-bond acceptors (Lipinski definition) is 3. The molecule has 0 aliphatic heterocycles. The molecule has 2 amide bonds. The van der Waals surface area contributed by atoms with Gasteiger partial charge < -0.3 is 0 Å². The number of rotatable bonds is 3. The standard InChI is InChI=1S/C16H14ClN5O/c1-22-13(11-5-3-2-4-6-11)10-15(21-22)20-16(23)19-14-9-12(17)7-8-18-14/h2-10H,1H3,(H2,18,19,20,21,23). The summed E-state index contributed by atoms with van der Waals surface area (Å²) in [5.41, 5.74) is 1.93. The summed E-state index contributed by atoms with van der Waals surface area (Å²) >= 11 is 5.85. The van der Waals surface area contributed by atoms with Crippen molar-refractivity contribution in [3.8, 4) is 11.3 Å². The van der Waals surface area contributed by atoms with E-state index in [0.717, 1.165) is 11.3 Å². The zero-order valence-corrected chi connectivity index (χ0v) is 13.1. The molecule has 0 fully saturated rings. The van der Waals surface area contributed by atoms with E-state index in [4.69, 9.17) is 11.6 Å². The lowest BCUT2D eigenvalue weighted by Gasteiger charge is -2.04.